The smallest absolute Gasteiger partial charge is 0.338 e. The first-order valence-electron chi connectivity index (χ1n) is 7.64. The summed E-state index contributed by atoms with van der Waals surface area (Å²) in [6, 6.07) is 6.05. The summed E-state index contributed by atoms with van der Waals surface area (Å²) in [4.78, 5) is 35.4. The van der Waals surface area contributed by atoms with E-state index in [1.165, 1.54) is 24.3 Å². The van der Waals surface area contributed by atoms with Crippen LogP contribution < -0.4 is 10.9 Å². The molecule has 0 bridgehead atoms. The molecule has 2 N–H and O–H groups in total. The number of hydrogen-bond acceptors (Lipinski definition) is 4. The lowest BCUT2D eigenvalue weighted by Crippen LogP contribution is -2.44. The third kappa shape index (κ3) is 4.67. The molecule has 1 aromatic rings. The minimum absolute atomic E-state index is 0.105. The minimum atomic E-state index is -0.432. The van der Waals surface area contributed by atoms with Crippen molar-refractivity contribution < 1.29 is 19.1 Å². The number of amides is 2. The second-order valence-electron chi connectivity index (χ2n) is 5.22. The average molecular weight is 316 g/mol. The van der Waals surface area contributed by atoms with Crippen molar-refractivity contribution in [2.24, 2.45) is 5.92 Å². The van der Waals surface area contributed by atoms with Gasteiger partial charge < -0.3 is 4.74 Å². The Morgan fingerprint density at radius 3 is 2.39 bits per heavy atom. The van der Waals surface area contributed by atoms with Crippen LogP contribution in [0.4, 0.5) is 0 Å². The molecule has 1 aliphatic rings. The number of carbonyl (C=O) groups is 3. The molecule has 0 saturated heterocycles. The van der Waals surface area contributed by atoms with Crippen molar-refractivity contribution in [2.75, 3.05) is 6.61 Å². The number of esters is 1. The van der Waals surface area contributed by atoms with Crippen LogP contribution in [0.2, 0.25) is 0 Å². The molecule has 0 saturated carbocycles. The van der Waals surface area contributed by atoms with Gasteiger partial charge in [0.05, 0.1) is 12.2 Å². The van der Waals surface area contributed by atoms with E-state index in [4.69, 9.17) is 4.74 Å². The molecule has 0 aliphatic heterocycles. The summed E-state index contributed by atoms with van der Waals surface area (Å²) in [6.07, 6.45) is 6.38. The molecule has 2 rings (SSSR count). The first-order chi connectivity index (χ1) is 11.1. The summed E-state index contributed by atoms with van der Waals surface area (Å²) in [5.74, 6) is -1.16. The number of benzene rings is 1. The van der Waals surface area contributed by atoms with Gasteiger partial charge in [-0.3, -0.25) is 20.4 Å². The average Bonchev–Trinajstić information content (AvgIpc) is 2.60. The maximum atomic E-state index is 12.0. The Hall–Kier alpha value is -2.63. The zero-order chi connectivity index (χ0) is 16.7. The second-order valence-corrected chi connectivity index (χ2v) is 5.22. The molecule has 0 heterocycles. The summed E-state index contributed by atoms with van der Waals surface area (Å²) in [6.45, 7) is 2.02. The number of allylic oxidation sites excluding steroid dienone is 2. The van der Waals surface area contributed by atoms with E-state index in [-0.39, 0.29) is 11.8 Å². The maximum Gasteiger partial charge on any atom is 0.338 e. The molecule has 1 aromatic carbocycles. The van der Waals surface area contributed by atoms with Gasteiger partial charge in [-0.2, -0.15) is 0 Å². The van der Waals surface area contributed by atoms with Crippen LogP contribution >= 0.6 is 0 Å². The van der Waals surface area contributed by atoms with E-state index in [0.29, 0.717) is 24.2 Å². The Balaban J connectivity index is 1.86. The maximum absolute atomic E-state index is 12.0. The highest BCUT2D eigenvalue weighted by molar-refractivity contribution is 5.97. The summed E-state index contributed by atoms with van der Waals surface area (Å²) in [5, 5.41) is 0. The van der Waals surface area contributed by atoms with E-state index in [9.17, 15) is 14.4 Å². The van der Waals surface area contributed by atoms with Crippen LogP contribution in [0.15, 0.2) is 36.4 Å². The van der Waals surface area contributed by atoms with Crippen LogP contribution in [-0.4, -0.2) is 24.4 Å². The van der Waals surface area contributed by atoms with Crippen molar-refractivity contribution in [1.29, 1.82) is 0 Å². The topological polar surface area (TPSA) is 84.5 Å². The van der Waals surface area contributed by atoms with Crippen LogP contribution in [-0.2, 0) is 9.53 Å². The van der Waals surface area contributed by atoms with Crippen LogP contribution in [0, 0.1) is 5.92 Å². The third-order valence-electron chi connectivity index (χ3n) is 3.60. The van der Waals surface area contributed by atoms with Gasteiger partial charge in [0.15, 0.2) is 0 Å². The van der Waals surface area contributed by atoms with Gasteiger partial charge in [0.1, 0.15) is 0 Å². The Kier molecular flexibility index (Phi) is 5.91. The van der Waals surface area contributed by atoms with Gasteiger partial charge in [0.25, 0.3) is 5.91 Å². The first kappa shape index (κ1) is 16.7. The molecule has 2 amide bonds. The highest BCUT2D eigenvalue weighted by atomic mass is 16.5. The van der Waals surface area contributed by atoms with Crippen LogP contribution in [0.25, 0.3) is 0 Å². The first-order valence-corrected chi connectivity index (χ1v) is 7.64. The van der Waals surface area contributed by atoms with Crippen LogP contribution in [0.1, 0.15) is 46.9 Å². The number of rotatable bonds is 4. The van der Waals surface area contributed by atoms with Gasteiger partial charge in [-0.05, 0) is 50.5 Å². The second kappa shape index (κ2) is 8.12. The molecule has 0 spiro atoms. The van der Waals surface area contributed by atoms with E-state index in [1.807, 2.05) is 12.2 Å². The molecule has 1 aliphatic carbocycles. The molecule has 0 fully saturated rings. The van der Waals surface area contributed by atoms with Crippen molar-refractivity contribution in [2.45, 2.75) is 26.2 Å². The molecule has 6 nitrogen and oxygen atoms in total. The normalized spacial score (nSPS) is 16.5. The van der Waals surface area contributed by atoms with Crippen molar-refractivity contribution in [3.8, 4) is 0 Å². The lowest BCUT2D eigenvalue weighted by atomic mass is 9.94. The lowest BCUT2D eigenvalue weighted by molar-refractivity contribution is -0.126. The number of hydrogen-bond donors (Lipinski definition) is 2. The van der Waals surface area contributed by atoms with Gasteiger partial charge in [0, 0.05) is 11.5 Å². The summed E-state index contributed by atoms with van der Waals surface area (Å²) >= 11 is 0. The SMILES string of the molecule is CCOC(=O)c1ccc(C(=O)NNC(=O)[C@@H]2CC=CCC2)cc1. The summed E-state index contributed by atoms with van der Waals surface area (Å²) in [7, 11) is 0. The Bertz CT molecular complexity index is 608. The fourth-order valence-electron chi connectivity index (χ4n) is 2.30. The summed E-state index contributed by atoms with van der Waals surface area (Å²) in [5.41, 5.74) is 5.56. The van der Waals surface area contributed by atoms with E-state index < -0.39 is 11.9 Å². The van der Waals surface area contributed by atoms with Crippen LogP contribution in [0.5, 0.6) is 0 Å². The zero-order valence-corrected chi connectivity index (χ0v) is 13.0. The van der Waals surface area contributed by atoms with Gasteiger partial charge in [0.2, 0.25) is 5.91 Å². The number of ether oxygens (including phenoxy) is 1. The minimum Gasteiger partial charge on any atom is -0.462 e. The highest BCUT2D eigenvalue weighted by Gasteiger charge is 2.19. The van der Waals surface area contributed by atoms with Crippen LogP contribution in [0.3, 0.4) is 0 Å². The van der Waals surface area contributed by atoms with Gasteiger partial charge in [-0.1, -0.05) is 12.2 Å². The van der Waals surface area contributed by atoms with E-state index >= 15 is 0 Å². The quantitative estimate of drug-likeness (QED) is 0.505. The molecular weight excluding hydrogens is 296 g/mol. The molecule has 122 valence electrons. The fraction of sp³-hybridized carbons (Fsp3) is 0.353. The third-order valence-corrected chi connectivity index (χ3v) is 3.60. The van der Waals surface area contributed by atoms with Gasteiger partial charge >= 0.3 is 5.97 Å². The number of nitrogens with one attached hydrogen (secondary N) is 2. The standard InChI is InChI=1S/C17H20N2O4/c1-2-23-17(22)14-10-8-13(9-11-14)16(21)19-18-15(20)12-6-4-3-5-7-12/h3-4,8-12H,2,5-7H2,1H3,(H,18,20)(H,19,21)/t12-/m1/s1. The predicted octanol–water partition coefficient (Wildman–Crippen LogP) is 1.98. The number of carbonyl (C=O) groups excluding carboxylic acids is 3. The van der Waals surface area contributed by atoms with Crippen molar-refractivity contribution in [3.05, 3.63) is 47.5 Å². The molecule has 0 radical (unpaired) electrons. The lowest BCUT2D eigenvalue weighted by Gasteiger charge is -2.17. The molecular formula is C17H20N2O4. The van der Waals surface area contributed by atoms with Crippen molar-refractivity contribution in [3.63, 3.8) is 0 Å². The Morgan fingerprint density at radius 2 is 1.78 bits per heavy atom. The van der Waals surface area contributed by atoms with Gasteiger partial charge in [-0.15, -0.1) is 0 Å². The Labute approximate surface area is 134 Å². The Morgan fingerprint density at radius 1 is 1.09 bits per heavy atom. The fourth-order valence-corrected chi connectivity index (χ4v) is 2.30. The predicted molar refractivity (Wildman–Crippen MR) is 84.5 cm³/mol. The zero-order valence-electron chi connectivity index (χ0n) is 13.0. The molecule has 1 atom stereocenters. The van der Waals surface area contributed by atoms with Crippen molar-refractivity contribution in [1.82, 2.24) is 10.9 Å². The molecule has 23 heavy (non-hydrogen) atoms. The molecule has 0 aromatic heterocycles. The largest absolute Gasteiger partial charge is 0.462 e. The summed E-state index contributed by atoms with van der Waals surface area (Å²) < 4.78 is 4.87. The molecule has 6 heteroatoms. The number of hydrazine groups is 1. The van der Waals surface area contributed by atoms with Crippen molar-refractivity contribution >= 4 is 17.8 Å². The highest BCUT2D eigenvalue weighted by Crippen LogP contribution is 2.17. The monoisotopic (exact) mass is 316 g/mol. The molecule has 0 unspecified atom stereocenters. The van der Waals surface area contributed by atoms with E-state index in [2.05, 4.69) is 10.9 Å². The van der Waals surface area contributed by atoms with E-state index in [0.717, 1.165) is 12.8 Å². The van der Waals surface area contributed by atoms with E-state index in [1.54, 1.807) is 6.92 Å². The van der Waals surface area contributed by atoms with Gasteiger partial charge in [-0.25, -0.2) is 4.79 Å².